The SMILES string of the molecule is CC(CN(C)C(=O)NC1CCC(Oc2ncccc2C#N)CC1)C(=O)O. The summed E-state index contributed by atoms with van der Waals surface area (Å²) in [6, 6.07) is 5.19. The number of pyridine rings is 1. The van der Waals surface area contributed by atoms with Crippen LogP contribution >= 0.6 is 0 Å². The summed E-state index contributed by atoms with van der Waals surface area (Å²) in [7, 11) is 1.59. The van der Waals surface area contributed by atoms with Gasteiger partial charge in [-0.3, -0.25) is 4.79 Å². The Morgan fingerprint density at radius 2 is 2.15 bits per heavy atom. The van der Waals surface area contributed by atoms with Crippen molar-refractivity contribution in [2.75, 3.05) is 13.6 Å². The number of carbonyl (C=O) groups is 2. The van der Waals surface area contributed by atoms with E-state index in [1.807, 2.05) is 0 Å². The number of aliphatic carboxylic acids is 1. The maximum atomic E-state index is 12.2. The van der Waals surface area contributed by atoms with Crippen LogP contribution in [-0.4, -0.2) is 52.7 Å². The van der Waals surface area contributed by atoms with Gasteiger partial charge in [-0.05, 0) is 37.8 Å². The van der Waals surface area contributed by atoms with Gasteiger partial charge in [-0.2, -0.15) is 5.26 Å². The van der Waals surface area contributed by atoms with Crippen LogP contribution < -0.4 is 10.1 Å². The van der Waals surface area contributed by atoms with E-state index in [0.29, 0.717) is 11.4 Å². The standard InChI is InChI=1S/C18H24N4O4/c1-12(17(23)24)11-22(2)18(25)21-14-5-7-15(8-6-14)26-16-13(10-19)4-3-9-20-16/h3-4,9,12,14-15H,5-8,11H2,1-2H3,(H,21,25)(H,23,24). The van der Waals surface area contributed by atoms with Crippen LogP contribution in [0.3, 0.4) is 0 Å². The summed E-state index contributed by atoms with van der Waals surface area (Å²) in [6.45, 7) is 1.73. The minimum atomic E-state index is -0.923. The Morgan fingerprint density at radius 1 is 1.46 bits per heavy atom. The van der Waals surface area contributed by atoms with E-state index in [4.69, 9.17) is 15.1 Å². The number of carbonyl (C=O) groups excluding carboxylic acids is 1. The fourth-order valence-corrected chi connectivity index (χ4v) is 2.91. The van der Waals surface area contributed by atoms with Gasteiger partial charge in [0.2, 0.25) is 5.88 Å². The molecular formula is C18H24N4O4. The minimum Gasteiger partial charge on any atom is -0.481 e. The van der Waals surface area contributed by atoms with Crippen LogP contribution in [-0.2, 0) is 4.79 Å². The lowest BCUT2D eigenvalue weighted by Gasteiger charge is -2.31. The van der Waals surface area contributed by atoms with Crippen molar-refractivity contribution in [1.29, 1.82) is 5.26 Å². The molecule has 2 amide bonds. The van der Waals surface area contributed by atoms with Gasteiger partial charge in [0.15, 0.2) is 0 Å². The number of urea groups is 1. The van der Waals surface area contributed by atoms with Crippen molar-refractivity contribution in [2.45, 2.75) is 44.8 Å². The van der Waals surface area contributed by atoms with Crippen molar-refractivity contribution in [2.24, 2.45) is 5.92 Å². The van der Waals surface area contributed by atoms with Gasteiger partial charge in [0.25, 0.3) is 0 Å². The van der Waals surface area contributed by atoms with E-state index in [1.165, 1.54) is 4.90 Å². The number of hydrogen-bond acceptors (Lipinski definition) is 5. The molecule has 1 aromatic heterocycles. The van der Waals surface area contributed by atoms with E-state index < -0.39 is 11.9 Å². The van der Waals surface area contributed by atoms with Crippen molar-refractivity contribution in [1.82, 2.24) is 15.2 Å². The maximum absolute atomic E-state index is 12.2. The fourth-order valence-electron chi connectivity index (χ4n) is 2.91. The third-order valence-corrected chi connectivity index (χ3v) is 4.49. The molecule has 0 radical (unpaired) electrons. The molecule has 1 aromatic rings. The smallest absolute Gasteiger partial charge is 0.317 e. The number of ether oxygens (including phenoxy) is 1. The average molecular weight is 360 g/mol. The van der Waals surface area contributed by atoms with E-state index >= 15 is 0 Å². The first-order chi connectivity index (χ1) is 12.4. The van der Waals surface area contributed by atoms with Crippen molar-refractivity contribution >= 4 is 12.0 Å². The van der Waals surface area contributed by atoms with Crippen LogP contribution in [0, 0.1) is 17.2 Å². The summed E-state index contributed by atoms with van der Waals surface area (Å²) in [5.41, 5.74) is 0.414. The van der Waals surface area contributed by atoms with E-state index in [9.17, 15) is 9.59 Å². The molecule has 0 bridgehead atoms. The van der Waals surface area contributed by atoms with Crippen LogP contribution in [0.15, 0.2) is 18.3 Å². The Morgan fingerprint density at radius 3 is 2.77 bits per heavy atom. The number of carboxylic acid groups (broad SMARTS) is 1. The van der Waals surface area contributed by atoms with E-state index in [2.05, 4.69) is 16.4 Å². The number of carboxylic acids is 1. The molecule has 1 atom stereocenters. The zero-order valence-corrected chi connectivity index (χ0v) is 15.0. The summed E-state index contributed by atoms with van der Waals surface area (Å²) in [5, 5.41) is 20.9. The van der Waals surface area contributed by atoms with Gasteiger partial charge in [-0.25, -0.2) is 9.78 Å². The number of hydrogen-bond donors (Lipinski definition) is 2. The highest BCUT2D eigenvalue weighted by Gasteiger charge is 2.26. The molecule has 0 aliphatic heterocycles. The van der Waals surface area contributed by atoms with Crippen LogP contribution in [0.2, 0.25) is 0 Å². The molecule has 140 valence electrons. The molecule has 0 saturated heterocycles. The summed E-state index contributed by atoms with van der Waals surface area (Å²) in [6.07, 6.45) is 4.58. The molecule has 0 aromatic carbocycles. The Bertz CT molecular complexity index is 680. The van der Waals surface area contributed by atoms with Gasteiger partial charge in [0.1, 0.15) is 17.7 Å². The molecule has 8 nitrogen and oxygen atoms in total. The van der Waals surface area contributed by atoms with Crippen LogP contribution in [0.5, 0.6) is 5.88 Å². The summed E-state index contributed by atoms with van der Waals surface area (Å²) >= 11 is 0. The number of amides is 2. The van der Waals surface area contributed by atoms with Crippen molar-refractivity contribution in [3.05, 3.63) is 23.9 Å². The number of nitrogens with one attached hydrogen (secondary N) is 1. The fraction of sp³-hybridized carbons (Fsp3) is 0.556. The largest absolute Gasteiger partial charge is 0.481 e. The second kappa shape index (κ2) is 9.04. The molecule has 2 N–H and O–H groups in total. The highest BCUT2D eigenvalue weighted by atomic mass is 16.5. The quantitative estimate of drug-likeness (QED) is 0.802. The van der Waals surface area contributed by atoms with E-state index in [0.717, 1.165) is 25.7 Å². The van der Waals surface area contributed by atoms with Gasteiger partial charge < -0.3 is 20.1 Å². The van der Waals surface area contributed by atoms with Gasteiger partial charge in [-0.1, -0.05) is 6.92 Å². The molecule has 1 unspecified atom stereocenters. The molecule has 0 spiro atoms. The molecule has 26 heavy (non-hydrogen) atoms. The minimum absolute atomic E-state index is 0.0316. The summed E-state index contributed by atoms with van der Waals surface area (Å²) in [5.74, 6) is -1.18. The second-order valence-corrected chi connectivity index (χ2v) is 6.63. The number of nitrogens with zero attached hydrogens (tertiary/aromatic N) is 3. The summed E-state index contributed by atoms with van der Waals surface area (Å²) < 4.78 is 5.84. The highest BCUT2D eigenvalue weighted by Crippen LogP contribution is 2.24. The zero-order chi connectivity index (χ0) is 19.1. The van der Waals surface area contributed by atoms with Gasteiger partial charge in [0.05, 0.1) is 5.92 Å². The molecule has 2 rings (SSSR count). The summed E-state index contributed by atoms with van der Waals surface area (Å²) in [4.78, 5) is 28.6. The topological polar surface area (TPSA) is 116 Å². The first-order valence-corrected chi connectivity index (χ1v) is 8.67. The molecule has 8 heteroatoms. The lowest BCUT2D eigenvalue weighted by atomic mass is 9.93. The van der Waals surface area contributed by atoms with Crippen molar-refractivity contribution in [3.63, 3.8) is 0 Å². The Hall–Kier alpha value is -2.82. The zero-order valence-electron chi connectivity index (χ0n) is 15.0. The van der Waals surface area contributed by atoms with Gasteiger partial charge >= 0.3 is 12.0 Å². The molecule has 1 saturated carbocycles. The Balaban J connectivity index is 1.78. The predicted molar refractivity (Wildman–Crippen MR) is 93.6 cm³/mol. The highest BCUT2D eigenvalue weighted by molar-refractivity contribution is 5.76. The first-order valence-electron chi connectivity index (χ1n) is 8.67. The normalized spacial score (nSPS) is 20.5. The second-order valence-electron chi connectivity index (χ2n) is 6.63. The maximum Gasteiger partial charge on any atom is 0.317 e. The van der Waals surface area contributed by atoms with Crippen LogP contribution in [0.1, 0.15) is 38.2 Å². The lowest BCUT2D eigenvalue weighted by Crippen LogP contribution is -2.47. The number of rotatable bonds is 6. The Labute approximate surface area is 152 Å². The van der Waals surface area contributed by atoms with Gasteiger partial charge in [0, 0.05) is 25.8 Å². The van der Waals surface area contributed by atoms with Crippen LogP contribution in [0.4, 0.5) is 4.79 Å². The molecule has 1 heterocycles. The van der Waals surface area contributed by atoms with Crippen molar-refractivity contribution < 1.29 is 19.4 Å². The Kier molecular flexibility index (Phi) is 6.78. The van der Waals surface area contributed by atoms with Crippen molar-refractivity contribution in [3.8, 4) is 11.9 Å². The lowest BCUT2D eigenvalue weighted by molar-refractivity contribution is -0.141. The van der Waals surface area contributed by atoms with E-state index in [1.54, 1.807) is 32.3 Å². The molecule has 1 aliphatic carbocycles. The monoisotopic (exact) mass is 360 g/mol. The molecular weight excluding hydrogens is 336 g/mol. The molecule has 1 aliphatic rings. The van der Waals surface area contributed by atoms with Gasteiger partial charge in [-0.15, -0.1) is 0 Å². The van der Waals surface area contributed by atoms with Crippen LogP contribution in [0.25, 0.3) is 0 Å². The molecule has 1 fully saturated rings. The third-order valence-electron chi connectivity index (χ3n) is 4.49. The number of nitriles is 1. The first kappa shape index (κ1) is 19.5. The van der Waals surface area contributed by atoms with E-state index in [-0.39, 0.29) is 24.7 Å². The predicted octanol–water partition coefficient (Wildman–Crippen LogP) is 2.01. The number of aromatic nitrogens is 1. The third kappa shape index (κ3) is 5.34. The average Bonchev–Trinajstić information content (AvgIpc) is 2.63.